The van der Waals surface area contributed by atoms with Gasteiger partial charge in [-0.3, -0.25) is 0 Å². The molecule has 2 atom stereocenters. The minimum Gasteiger partial charge on any atom is -0.385 e. The molecule has 2 saturated carbocycles. The van der Waals surface area contributed by atoms with Gasteiger partial charge in [0.2, 0.25) is 0 Å². The summed E-state index contributed by atoms with van der Waals surface area (Å²) in [6, 6.07) is 0.0420. The maximum absolute atomic E-state index is 12.7. The van der Waals surface area contributed by atoms with Gasteiger partial charge in [-0.2, -0.15) is 13.2 Å². The molecule has 0 aromatic carbocycles. The van der Waals surface area contributed by atoms with Crippen LogP contribution in [-0.4, -0.2) is 32.5 Å². The van der Waals surface area contributed by atoms with Crippen LogP contribution in [-0.2, 0) is 4.74 Å². The minimum atomic E-state index is -4.02. The van der Waals surface area contributed by atoms with Gasteiger partial charge in [0.15, 0.2) is 0 Å². The second-order valence-electron chi connectivity index (χ2n) is 6.23. The molecule has 2 rings (SSSR count). The molecule has 0 aliphatic heterocycles. The lowest BCUT2D eigenvalue weighted by Crippen LogP contribution is -2.41. The minimum absolute atomic E-state index is 0.0420. The largest absolute Gasteiger partial charge is 0.391 e. The van der Waals surface area contributed by atoms with Gasteiger partial charge in [0.25, 0.3) is 0 Å². The summed E-state index contributed by atoms with van der Waals surface area (Å²) in [7, 11) is 1.69. The van der Waals surface area contributed by atoms with Gasteiger partial charge >= 0.3 is 6.18 Å². The van der Waals surface area contributed by atoms with Crippen molar-refractivity contribution in [2.45, 2.75) is 57.2 Å². The van der Waals surface area contributed by atoms with E-state index in [0.29, 0.717) is 18.3 Å². The molecule has 2 fully saturated rings. The smallest absolute Gasteiger partial charge is 0.385 e. The Balaban J connectivity index is 1.74. The summed E-state index contributed by atoms with van der Waals surface area (Å²) in [5.74, 6) is -1.10. The first-order valence-corrected chi connectivity index (χ1v) is 7.24. The first-order valence-electron chi connectivity index (χ1n) is 7.24. The number of methoxy groups -OCH3 is 1. The van der Waals surface area contributed by atoms with E-state index in [2.05, 4.69) is 5.32 Å². The van der Waals surface area contributed by atoms with Gasteiger partial charge in [0.05, 0.1) is 5.92 Å². The van der Waals surface area contributed by atoms with Gasteiger partial charge in [-0.15, -0.1) is 0 Å². The summed E-state index contributed by atoms with van der Waals surface area (Å²) in [4.78, 5) is 0. The van der Waals surface area contributed by atoms with E-state index in [1.165, 1.54) is 12.8 Å². The van der Waals surface area contributed by atoms with E-state index in [1.54, 1.807) is 7.11 Å². The predicted molar refractivity (Wildman–Crippen MR) is 68.0 cm³/mol. The highest BCUT2D eigenvalue weighted by atomic mass is 19.4. The third kappa shape index (κ3) is 4.35. The number of alkyl halides is 3. The maximum atomic E-state index is 12.7. The number of rotatable bonds is 6. The molecule has 112 valence electrons. The monoisotopic (exact) mass is 279 g/mol. The van der Waals surface area contributed by atoms with E-state index in [0.717, 1.165) is 26.0 Å². The number of halogens is 3. The van der Waals surface area contributed by atoms with Gasteiger partial charge in [-0.1, -0.05) is 6.42 Å². The van der Waals surface area contributed by atoms with Gasteiger partial charge < -0.3 is 10.1 Å². The van der Waals surface area contributed by atoms with Crippen molar-refractivity contribution in [3.63, 3.8) is 0 Å². The van der Waals surface area contributed by atoms with Crippen molar-refractivity contribution >= 4 is 0 Å². The van der Waals surface area contributed by atoms with Crippen LogP contribution in [0.15, 0.2) is 0 Å². The van der Waals surface area contributed by atoms with Crippen LogP contribution >= 0.6 is 0 Å². The molecule has 0 bridgehead atoms. The summed E-state index contributed by atoms with van der Waals surface area (Å²) < 4.78 is 43.3. The van der Waals surface area contributed by atoms with Crippen molar-refractivity contribution in [3.05, 3.63) is 0 Å². The summed E-state index contributed by atoms with van der Waals surface area (Å²) in [5, 5.41) is 3.38. The fourth-order valence-electron chi connectivity index (χ4n) is 3.04. The fourth-order valence-corrected chi connectivity index (χ4v) is 3.04. The third-order valence-electron chi connectivity index (χ3n) is 4.70. The molecule has 0 radical (unpaired) electrons. The quantitative estimate of drug-likeness (QED) is 0.803. The SMILES string of the molecule is COCCC1(CNC2CCCC(C(F)(F)F)C2)CC1. The number of hydrogen-bond donors (Lipinski definition) is 1. The van der Waals surface area contributed by atoms with E-state index in [9.17, 15) is 13.2 Å². The summed E-state index contributed by atoms with van der Waals surface area (Å²) in [5.41, 5.74) is 0.307. The Morgan fingerprint density at radius 1 is 1.26 bits per heavy atom. The molecule has 1 N–H and O–H groups in total. The first-order chi connectivity index (χ1) is 8.95. The summed E-state index contributed by atoms with van der Waals surface area (Å²) in [6.07, 6.45) is 1.48. The maximum Gasteiger partial charge on any atom is 0.391 e. The molecule has 19 heavy (non-hydrogen) atoms. The molecule has 2 aliphatic rings. The van der Waals surface area contributed by atoms with Crippen molar-refractivity contribution in [1.82, 2.24) is 5.32 Å². The zero-order chi connectivity index (χ0) is 13.9. The summed E-state index contributed by atoms with van der Waals surface area (Å²) in [6.45, 7) is 1.60. The average Bonchev–Trinajstić information content (AvgIpc) is 3.14. The average molecular weight is 279 g/mol. The van der Waals surface area contributed by atoms with Crippen molar-refractivity contribution in [1.29, 1.82) is 0 Å². The molecular formula is C14H24F3NO. The Bertz CT molecular complexity index is 289. The summed E-state index contributed by atoms with van der Waals surface area (Å²) >= 11 is 0. The third-order valence-corrected chi connectivity index (χ3v) is 4.70. The van der Waals surface area contributed by atoms with E-state index in [-0.39, 0.29) is 12.5 Å². The van der Waals surface area contributed by atoms with Crippen LogP contribution in [0, 0.1) is 11.3 Å². The van der Waals surface area contributed by atoms with Gasteiger partial charge in [-0.25, -0.2) is 0 Å². The van der Waals surface area contributed by atoms with Crippen LogP contribution in [0.4, 0.5) is 13.2 Å². The zero-order valence-corrected chi connectivity index (χ0v) is 11.6. The molecule has 0 heterocycles. The molecule has 0 spiro atoms. The van der Waals surface area contributed by atoms with Crippen molar-refractivity contribution in [3.8, 4) is 0 Å². The van der Waals surface area contributed by atoms with E-state index < -0.39 is 12.1 Å². The van der Waals surface area contributed by atoms with Crippen LogP contribution < -0.4 is 5.32 Å². The fraction of sp³-hybridized carbons (Fsp3) is 1.00. The van der Waals surface area contributed by atoms with Crippen molar-refractivity contribution in [2.24, 2.45) is 11.3 Å². The molecule has 2 unspecified atom stereocenters. The molecule has 5 heteroatoms. The molecular weight excluding hydrogens is 255 g/mol. The van der Waals surface area contributed by atoms with Crippen LogP contribution in [0.5, 0.6) is 0 Å². The van der Waals surface area contributed by atoms with Gasteiger partial charge in [0.1, 0.15) is 0 Å². The van der Waals surface area contributed by atoms with E-state index in [4.69, 9.17) is 4.74 Å². The van der Waals surface area contributed by atoms with Crippen molar-refractivity contribution in [2.75, 3.05) is 20.3 Å². The molecule has 0 amide bonds. The van der Waals surface area contributed by atoms with Gasteiger partial charge in [-0.05, 0) is 43.9 Å². The van der Waals surface area contributed by atoms with Crippen molar-refractivity contribution < 1.29 is 17.9 Å². The number of nitrogens with one attached hydrogen (secondary N) is 1. The lowest BCUT2D eigenvalue weighted by Gasteiger charge is -2.32. The highest BCUT2D eigenvalue weighted by Gasteiger charge is 2.44. The molecule has 2 nitrogen and oxygen atoms in total. The first kappa shape index (κ1) is 15.1. The zero-order valence-electron chi connectivity index (χ0n) is 11.6. The molecule has 0 saturated heterocycles. The predicted octanol–water partition coefficient (Wildman–Crippen LogP) is 3.51. The molecule has 2 aliphatic carbocycles. The topological polar surface area (TPSA) is 21.3 Å². The van der Waals surface area contributed by atoms with E-state index in [1.807, 2.05) is 0 Å². The number of hydrogen-bond acceptors (Lipinski definition) is 2. The Morgan fingerprint density at radius 3 is 2.58 bits per heavy atom. The Morgan fingerprint density at radius 2 is 2.00 bits per heavy atom. The lowest BCUT2D eigenvalue weighted by atomic mass is 9.85. The number of ether oxygens (including phenoxy) is 1. The van der Waals surface area contributed by atoms with Gasteiger partial charge in [0, 0.05) is 26.3 Å². The second kappa shape index (κ2) is 6.00. The highest BCUT2D eigenvalue weighted by molar-refractivity contribution is 4.96. The Kier molecular flexibility index (Phi) is 4.77. The van der Waals surface area contributed by atoms with E-state index >= 15 is 0 Å². The van der Waals surface area contributed by atoms with Crippen LogP contribution in [0.1, 0.15) is 44.9 Å². The standard InChI is InChI=1S/C14H24F3NO/c1-19-8-7-13(5-6-13)10-18-12-4-2-3-11(9-12)14(15,16)17/h11-12,18H,2-10H2,1H3. The van der Waals surface area contributed by atoms with Crippen LogP contribution in [0.2, 0.25) is 0 Å². The Hall–Kier alpha value is -0.290. The Labute approximate surface area is 113 Å². The molecule has 0 aromatic heterocycles. The highest BCUT2D eigenvalue weighted by Crippen LogP contribution is 2.48. The second-order valence-corrected chi connectivity index (χ2v) is 6.23. The normalized spacial score (nSPS) is 30.3. The lowest BCUT2D eigenvalue weighted by molar-refractivity contribution is -0.183. The molecule has 0 aromatic rings. The van der Waals surface area contributed by atoms with Crippen LogP contribution in [0.25, 0.3) is 0 Å². The van der Waals surface area contributed by atoms with Crippen LogP contribution in [0.3, 0.4) is 0 Å².